The topological polar surface area (TPSA) is 93.7 Å². The van der Waals surface area contributed by atoms with Gasteiger partial charge in [0.1, 0.15) is 11.0 Å². The maximum Gasteiger partial charge on any atom is 0.222 e. The maximum atomic E-state index is 6.24. The molecular weight excluding hydrogens is 406 g/mol. The first kappa shape index (κ1) is 21.4. The van der Waals surface area contributed by atoms with E-state index < -0.39 is 0 Å². The van der Waals surface area contributed by atoms with Gasteiger partial charge in [-0.1, -0.05) is 29.8 Å². The highest BCUT2D eigenvalue weighted by Gasteiger charge is 2.11. The molecule has 0 aliphatic heterocycles. The molecule has 3 rings (SSSR count). The fraction of sp³-hybridized carbons (Fsp3) is 0.350. The fourth-order valence-corrected chi connectivity index (χ4v) is 4.04. The lowest BCUT2D eigenvalue weighted by Crippen LogP contribution is -2.13. The third kappa shape index (κ3) is 5.20. The first-order valence-electron chi connectivity index (χ1n) is 9.40. The van der Waals surface area contributed by atoms with Crippen LogP contribution in [0.4, 0.5) is 11.8 Å². The molecular formula is C20H26ClN7S. The van der Waals surface area contributed by atoms with Gasteiger partial charge in [-0.2, -0.15) is 10.1 Å². The van der Waals surface area contributed by atoms with Crippen LogP contribution < -0.4 is 15.8 Å². The van der Waals surface area contributed by atoms with Crippen LogP contribution in [0.25, 0.3) is 11.3 Å². The first-order chi connectivity index (χ1) is 13.9. The average Bonchev–Trinajstić information content (AvgIpc) is 2.92. The number of aryl methyl sites for hydroxylation is 3. The molecule has 3 aromatic rings. The van der Waals surface area contributed by atoms with Crippen molar-refractivity contribution in [1.29, 1.82) is 0 Å². The minimum atomic E-state index is 0.265. The van der Waals surface area contributed by atoms with Crippen molar-refractivity contribution in [1.82, 2.24) is 24.5 Å². The number of nitrogen functional groups attached to an aromatic ring is 1. The zero-order valence-electron chi connectivity index (χ0n) is 17.1. The van der Waals surface area contributed by atoms with Gasteiger partial charge in [-0.25, -0.2) is 4.98 Å². The van der Waals surface area contributed by atoms with E-state index in [1.54, 1.807) is 4.68 Å². The normalized spacial score (nSPS) is 11.1. The molecule has 0 aliphatic rings. The molecule has 0 atom stereocenters. The predicted molar refractivity (Wildman–Crippen MR) is 121 cm³/mol. The van der Waals surface area contributed by atoms with Crippen molar-refractivity contribution >= 4 is 35.3 Å². The molecule has 2 heterocycles. The largest absolute Gasteiger partial charge is 0.370 e. The summed E-state index contributed by atoms with van der Waals surface area (Å²) in [5.41, 5.74) is 11.2. The summed E-state index contributed by atoms with van der Waals surface area (Å²) in [5.74, 6) is 0.994. The first-order valence-corrected chi connectivity index (χ1v) is 10.6. The molecule has 4 N–H and O–H groups in total. The van der Waals surface area contributed by atoms with E-state index in [0.717, 1.165) is 47.2 Å². The zero-order chi connectivity index (χ0) is 21.0. The molecule has 0 unspecified atom stereocenters. The molecule has 0 aliphatic carbocycles. The van der Waals surface area contributed by atoms with Crippen LogP contribution in [-0.2, 0) is 7.05 Å². The molecule has 0 fully saturated rings. The molecule has 0 amide bonds. The lowest BCUT2D eigenvalue weighted by atomic mass is 10.0. The third-order valence-electron chi connectivity index (χ3n) is 4.66. The molecule has 0 saturated carbocycles. The number of rotatable bonds is 8. The molecule has 9 heteroatoms. The Hall–Kier alpha value is -2.29. The Balaban J connectivity index is 1.53. The van der Waals surface area contributed by atoms with Crippen molar-refractivity contribution < 1.29 is 0 Å². The summed E-state index contributed by atoms with van der Waals surface area (Å²) in [6.07, 6.45) is 0.909. The van der Waals surface area contributed by atoms with Crippen molar-refractivity contribution in [3.05, 3.63) is 46.2 Å². The summed E-state index contributed by atoms with van der Waals surface area (Å²) in [4.78, 5) is 9.67. The Kier molecular flexibility index (Phi) is 7.00. The second-order valence-electron chi connectivity index (χ2n) is 6.85. The van der Waals surface area contributed by atoms with E-state index in [4.69, 9.17) is 17.3 Å². The number of nitrogens with two attached hydrogens (primary N) is 1. The number of nitrogens with one attached hydrogen (secondary N) is 2. The highest BCUT2D eigenvalue weighted by atomic mass is 35.5. The number of hydrogen-bond acceptors (Lipinski definition) is 7. The van der Waals surface area contributed by atoms with Crippen LogP contribution in [0.1, 0.15) is 23.2 Å². The summed E-state index contributed by atoms with van der Waals surface area (Å²) in [5, 5.41) is 8.28. The van der Waals surface area contributed by atoms with E-state index in [-0.39, 0.29) is 5.95 Å². The van der Waals surface area contributed by atoms with Crippen molar-refractivity contribution in [2.45, 2.75) is 32.1 Å². The molecule has 0 radical (unpaired) electrons. The molecule has 29 heavy (non-hydrogen) atoms. The van der Waals surface area contributed by atoms with Gasteiger partial charge in [0.2, 0.25) is 5.95 Å². The quantitative estimate of drug-likeness (QED) is 0.364. The van der Waals surface area contributed by atoms with E-state index in [0.29, 0.717) is 5.15 Å². The summed E-state index contributed by atoms with van der Waals surface area (Å²) in [7, 11) is 1.84. The molecule has 0 spiro atoms. The van der Waals surface area contributed by atoms with Crippen LogP contribution in [0.15, 0.2) is 29.2 Å². The van der Waals surface area contributed by atoms with Crippen molar-refractivity contribution in [2.24, 2.45) is 7.05 Å². The van der Waals surface area contributed by atoms with Crippen LogP contribution in [0.2, 0.25) is 5.15 Å². The highest BCUT2D eigenvalue weighted by molar-refractivity contribution is 7.97. The number of anilines is 2. The lowest BCUT2D eigenvalue weighted by Gasteiger charge is -2.11. The molecule has 7 nitrogen and oxygen atoms in total. The molecule has 154 valence electrons. The van der Waals surface area contributed by atoms with Gasteiger partial charge in [0.15, 0.2) is 0 Å². The minimum absolute atomic E-state index is 0.265. The SMILES string of the molecule is Cc1cccc(-c2cc(NCCCNSc3c(C)nn(C)c3Cl)nc(N)n2)c1C. The Bertz CT molecular complexity index is 1000. The number of halogens is 1. The third-order valence-corrected chi connectivity index (χ3v) is 6.25. The smallest absolute Gasteiger partial charge is 0.222 e. The Morgan fingerprint density at radius 1 is 1.17 bits per heavy atom. The van der Waals surface area contributed by atoms with E-state index in [1.165, 1.54) is 23.1 Å². The predicted octanol–water partition coefficient (Wildman–Crippen LogP) is 4.14. The van der Waals surface area contributed by atoms with Gasteiger partial charge >= 0.3 is 0 Å². The van der Waals surface area contributed by atoms with E-state index in [1.807, 2.05) is 26.1 Å². The second-order valence-corrected chi connectivity index (χ2v) is 8.11. The minimum Gasteiger partial charge on any atom is -0.370 e. The van der Waals surface area contributed by atoms with Crippen LogP contribution in [0, 0.1) is 20.8 Å². The lowest BCUT2D eigenvalue weighted by molar-refractivity contribution is 0.757. The van der Waals surface area contributed by atoms with Gasteiger partial charge in [-0.3, -0.25) is 9.40 Å². The second kappa shape index (κ2) is 9.47. The van der Waals surface area contributed by atoms with Crippen LogP contribution in [-0.4, -0.2) is 32.8 Å². The Morgan fingerprint density at radius 3 is 2.69 bits per heavy atom. The highest BCUT2D eigenvalue weighted by Crippen LogP contribution is 2.28. The van der Waals surface area contributed by atoms with Crippen molar-refractivity contribution in [3.63, 3.8) is 0 Å². The van der Waals surface area contributed by atoms with Gasteiger partial charge < -0.3 is 11.1 Å². The molecule has 1 aromatic carbocycles. The number of aromatic nitrogens is 4. The average molecular weight is 432 g/mol. The van der Waals surface area contributed by atoms with E-state index in [9.17, 15) is 0 Å². The summed E-state index contributed by atoms with van der Waals surface area (Å²) in [6.45, 7) is 7.70. The summed E-state index contributed by atoms with van der Waals surface area (Å²) >= 11 is 7.74. The number of hydrogen-bond donors (Lipinski definition) is 3. The Labute approximate surface area is 180 Å². The monoisotopic (exact) mass is 431 g/mol. The van der Waals surface area contributed by atoms with Crippen molar-refractivity contribution in [3.8, 4) is 11.3 Å². The van der Waals surface area contributed by atoms with Crippen LogP contribution >= 0.6 is 23.5 Å². The summed E-state index contributed by atoms with van der Waals surface area (Å²) in [6, 6.07) is 8.12. The van der Waals surface area contributed by atoms with Gasteiger partial charge in [0.25, 0.3) is 0 Å². The standard InChI is InChI=1S/C20H26ClN7S/c1-12-7-5-8-15(13(12)2)16-11-17(26-20(22)25-16)23-9-6-10-24-29-18-14(3)27-28(4)19(18)21/h5,7-8,11,24H,6,9-10H2,1-4H3,(H3,22,23,25,26). The van der Waals surface area contributed by atoms with Gasteiger partial charge in [-0.15, -0.1) is 0 Å². The summed E-state index contributed by atoms with van der Waals surface area (Å²) < 4.78 is 5.00. The fourth-order valence-electron chi connectivity index (χ4n) is 2.95. The zero-order valence-corrected chi connectivity index (χ0v) is 18.7. The van der Waals surface area contributed by atoms with Crippen LogP contribution in [0.3, 0.4) is 0 Å². The van der Waals surface area contributed by atoms with Gasteiger partial charge in [-0.05, 0) is 50.3 Å². The van der Waals surface area contributed by atoms with E-state index in [2.05, 4.69) is 51.1 Å². The van der Waals surface area contributed by atoms with Gasteiger partial charge in [0, 0.05) is 31.8 Å². The number of nitrogens with zero attached hydrogens (tertiary/aromatic N) is 4. The molecule has 2 aromatic heterocycles. The maximum absolute atomic E-state index is 6.24. The van der Waals surface area contributed by atoms with E-state index >= 15 is 0 Å². The van der Waals surface area contributed by atoms with Crippen molar-refractivity contribution in [2.75, 3.05) is 24.1 Å². The van der Waals surface area contributed by atoms with Gasteiger partial charge in [0.05, 0.1) is 16.3 Å². The van der Waals surface area contributed by atoms with Crippen LogP contribution in [0.5, 0.6) is 0 Å². The molecule has 0 bridgehead atoms. The Morgan fingerprint density at radius 2 is 1.97 bits per heavy atom. The number of benzene rings is 1. The molecule has 0 saturated heterocycles.